The molecule has 28 heavy (non-hydrogen) atoms. The van der Waals surface area contributed by atoms with Crippen molar-refractivity contribution in [3.8, 4) is 0 Å². The quantitative estimate of drug-likeness (QED) is 0.737. The standard InChI is InChI=1S/C21H26N2O4S/c1-2-17-9-6-7-13-20(17)23(28(25,26)19-11-4-3-5-12-19)16-21(24)22-15-18-10-8-14-27-18/h3-7,9,11-13,18H,2,8,10,14-16H2,1H3,(H,22,24). The van der Waals surface area contributed by atoms with E-state index in [0.717, 1.165) is 18.4 Å². The Hall–Kier alpha value is -2.38. The monoisotopic (exact) mass is 402 g/mol. The number of amides is 1. The molecule has 0 saturated carbocycles. The third kappa shape index (κ3) is 4.72. The molecule has 2 aromatic carbocycles. The van der Waals surface area contributed by atoms with Crippen LogP contribution in [0.15, 0.2) is 59.5 Å². The molecule has 1 heterocycles. The molecule has 7 heteroatoms. The van der Waals surface area contributed by atoms with Crippen molar-refractivity contribution in [2.45, 2.75) is 37.2 Å². The predicted octanol–water partition coefficient (Wildman–Crippen LogP) is 2.74. The van der Waals surface area contributed by atoms with Gasteiger partial charge in [-0.2, -0.15) is 0 Å². The van der Waals surface area contributed by atoms with Gasteiger partial charge in [-0.25, -0.2) is 8.42 Å². The number of aryl methyl sites for hydroxylation is 1. The summed E-state index contributed by atoms with van der Waals surface area (Å²) in [5.41, 5.74) is 1.40. The van der Waals surface area contributed by atoms with E-state index in [1.807, 2.05) is 19.1 Å². The first-order chi connectivity index (χ1) is 13.5. The Morgan fingerprint density at radius 2 is 1.86 bits per heavy atom. The zero-order chi connectivity index (χ0) is 20.0. The predicted molar refractivity (Wildman–Crippen MR) is 109 cm³/mol. The zero-order valence-corrected chi connectivity index (χ0v) is 16.8. The van der Waals surface area contributed by atoms with E-state index in [1.54, 1.807) is 42.5 Å². The highest BCUT2D eigenvalue weighted by Gasteiger charge is 2.28. The Balaban J connectivity index is 1.87. The Kier molecular flexibility index (Phi) is 6.70. The van der Waals surface area contributed by atoms with Gasteiger partial charge in [-0.15, -0.1) is 0 Å². The zero-order valence-electron chi connectivity index (χ0n) is 16.0. The van der Waals surface area contributed by atoms with E-state index in [1.165, 1.54) is 4.31 Å². The lowest BCUT2D eigenvalue weighted by Gasteiger charge is -2.26. The number of carbonyl (C=O) groups is 1. The molecule has 0 bridgehead atoms. The lowest BCUT2D eigenvalue weighted by atomic mass is 10.1. The Labute approximate surface area is 166 Å². The van der Waals surface area contributed by atoms with Gasteiger partial charge in [0.15, 0.2) is 0 Å². The second-order valence-electron chi connectivity index (χ2n) is 6.75. The largest absolute Gasteiger partial charge is 0.376 e. The second kappa shape index (κ2) is 9.21. The van der Waals surface area contributed by atoms with Crippen LogP contribution in [0, 0.1) is 0 Å². The summed E-state index contributed by atoms with van der Waals surface area (Å²) >= 11 is 0. The maximum Gasteiger partial charge on any atom is 0.264 e. The summed E-state index contributed by atoms with van der Waals surface area (Å²) < 4.78 is 33.4. The fraction of sp³-hybridized carbons (Fsp3) is 0.381. The molecule has 1 saturated heterocycles. The first kappa shape index (κ1) is 20.4. The summed E-state index contributed by atoms with van der Waals surface area (Å²) in [6, 6.07) is 15.5. The van der Waals surface area contributed by atoms with Crippen LogP contribution in [-0.2, 0) is 26.0 Å². The molecule has 2 aromatic rings. The smallest absolute Gasteiger partial charge is 0.264 e. The fourth-order valence-corrected chi connectivity index (χ4v) is 4.77. The van der Waals surface area contributed by atoms with E-state index in [4.69, 9.17) is 4.74 Å². The molecule has 0 aliphatic carbocycles. The minimum Gasteiger partial charge on any atom is -0.376 e. The molecule has 1 unspecified atom stereocenters. The van der Waals surface area contributed by atoms with Crippen LogP contribution in [0.25, 0.3) is 0 Å². The summed E-state index contributed by atoms with van der Waals surface area (Å²) in [5.74, 6) is -0.346. The third-order valence-electron chi connectivity index (χ3n) is 4.81. The molecule has 1 aliphatic rings. The molecule has 1 aliphatic heterocycles. The van der Waals surface area contributed by atoms with E-state index in [9.17, 15) is 13.2 Å². The third-order valence-corrected chi connectivity index (χ3v) is 6.58. The van der Waals surface area contributed by atoms with Crippen molar-refractivity contribution < 1.29 is 17.9 Å². The molecular weight excluding hydrogens is 376 g/mol. The van der Waals surface area contributed by atoms with Gasteiger partial charge in [0.2, 0.25) is 5.91 Å². The Morgan fingerprint density at radius 1 is 1.14 bits per heavy atom. The summed E-state index contributed by atoms with van der Waals surface area (Å²) in [5, 5.41) is 2.82. The van der Waals surface area contributed by atoms with Gasteiger partial charge < -0.3 is 10.1 Å². The van der Waals surface area contributed by atoms with Gasteiger partial charge in [0.05, 0.1) is 16.7 Å². The molecule has 0 aromatic heterocycles. The van der Waals surface area contributed by atoms with Crippen molar-refractivity contribution in [3.63, 3.8) is 0 Å². The van der Waals surface area contributed by atoms with Crippen molar-refractivity contribution in [1.82, 2.24) is 5.32 Å². The van der Waals surface area contributed by atoms with E-state index in [0.29, 0.717) is 25.3 Å². The highest BCUT2D eigenvalue weighted by molar-refractivity contribution is 7.92. The van der Waals surface area contributed by atoms with Crippen LogP contribution >= 0.6 is 0 Å². The Bertz CT molecular complexity index is 894. The van der Waals surface area contributed by atoms with E-state index in [2.05, 4.69) is 5.32 Å². The first-order valence-electron chi connectivity index (χ1n) is 9.56. The topological polar surface area (TPSA) is 75.7 Å². The minimum absolute atomic E-state index is 0.00561. The number of para-hydroxylation sites is 1. The number of hydrogen-bond acceptors (Lipinski definition) is 4. The van der Waals surface area contributed by atoms with Crippen LogP contribution in [0.2, 0.25) is 0 Å². The van der Waals surface area contributed by atoms with Crippen molar-refractivity contribution >= 4 is 21.6 Å². The van der Waals surface area contributed by atoms with Gasteiger partial charge in [-0.05, 0) is 43.0 Å². The molecule has 150 valence electrons. The number of nitrogens with one attached hydrogen (secondary N) is 1. The number of rotatable bonds is 8. The highest BCUT2D eigenvalue weighted by atomic mass is 32.2. The molecule has 6 nitrogen and oxygen atoms in total. The summed E-state index contributed by atoms with van der Waals surface area (Å²) in [6.07, 6.45) is 2.56. The summed E-state index contributed by atoms with van der Waals surface area (Å²) in [6.45, 7) is 2.79. The van der Waals surface area contributed by atoms with Crippen LogP contribution < -0.4 is 9.62 Å². The van der Waals surface area contributed by atoms with Crippen molar-refractivity contribution in [1.29, 1.82) is 0 Å². The van der Waals surface area contributed by atoms with Crippen molar-refractivity contribution in [2.75, 3.05) is 24.0 Å². The van der Waals surface area contributed by atoms with E-state index >= 15 is 0 Å². The molecule has 1 fully saturated rings. The Morgan fingerprint density at radius 3 is 2.54 bits per heavy atom. The van der Waals surface area contributed by atoms with Crippen LogP contribution in [0.5, 0.6) is 0 Å². The SMILES string of the molecule is CCc1ccccc1N(CC(=O)NCC1CCCO1)S(=O)(=O)c1ccccc1. The maximum atomic E-state index is 13.3. The summed E-state index contributed by atoms with van der Waals surface area (Å²) in [4.78, 5) is 12.7. The average molecular weight is 403 g/mol. The summed E-state index contributed by atoms with van der Waals surface area (Å²) in [7, 11) is -3.88. The van der Waals surface area contributed by atoms with Crippen molar-refractivity contribution in [2.24, 2.45) is 0 Å². The second-order valence-corrected chi connectivity index (χ2v) is 8.61. The lowest BCUT2D eigenvalue weighted by Crippen LogP contribution is -2.43. The number of benzene rings is 2. The van der Waals surface area contributed by atoms with Crippen LogP contribution in [0.4, 0.5) is 5.69 Å². The van der Waals surface area contributed by atoms with E-state index in [-0.39, 0.29) is 23.5 Å². The lowest BCUT2D eigenvalue weighted by molar-refractivity contribution is -0.120. The molecule has 0 spiro atoms. The molecule has 1 atom stereocenters. The van der Waals surface area contributed by atoms with Crippen LogP contribution in [-0.4, -0.2) is 40.1 Å². The average Bonchev–Trinajstić information content (AvgIpc) is 3.25. The van der Waals surface area contributed by atoms with Crippen molar-refractivity contribution in [3.05, 3.63) is 60.2 Å². The van der Waals surface area contributed by atoms with Gasteiger partial charge in [-0.1, -0.05) is 43.3 Å². The highest BCUT2D eigenvalue weighted by Crippen LogP contribution is 2.27. The number of sulfonamides is 1. The van der Waals surface area contributed by atoms with Gasteiger partial charge in [0, 0.05) is 13.2 Å². The minimum atomic E-state index is -3.88. The molecule has 3 rings (SSSR count). The normalized spacial score (nSPS) is 16.7. The fourth-order valence-electron chi connectivity index (χ4n) is 3.29. The van der Waals surface area contributed by atoms with Crippen LogP contribution in [0.3, 0.4) is 0 Å². The number of carbonyl (C=O) groups excluding carboxylic acids is 1. The maximum absolute atomic E-state index is 13.3. The molecule has 0 radical (unpaired) electrons. The van der Waals surface area contributed by atoms with Crippen LogP contribution in [0.1, 0.15) is 25.3 Å². The first-order valence-corrected chi connectivity index (χ1v) is 11.0. The number of hydrogen-bond donors (Lipinski definition) is 1. The van der Waals surface area contributed by atoms with Gasteiger partial charge in [-0.3, -0.25) is 9.10 Å². The van der Waals surface area contributed by atoms with Gasteiger partial charge in [0.1, 0.15) is 6.54 Å². The number of anilines is 1. The van der Waals surface area contributed by atoms with Gasteiger partial charge >= 0.3 is 0 Å². The van der Waals surface area contributed by atoms with E-state index < -0.39 is 10.0 Å². The molecule has 1 N–H and O–H groups in total. The number of ether oxygens (including phenoxy) is 1. The number of nitrogens with zero attached hydrogens (tertiary/aromatic N) is 1. The van der Waals surface area contributed by atoms with Gasteiger partial charge in [0.25, 0.3) is 10.0 Å². The molecular formula is C21H26N2O4S. The molecule has 1 amide bonds.